The van der Waals surface area contributed by atoms with E-state index in [-0.39, 0.29) is 24.2 Å². The molecular formula is C23H20F6N2O. The van der Waals surface area contributed by atoms with E-state index in [1.54, 1.807) is 36.5 Å². The van der Waals surface area contributed by atoms with Crippen LogP contribution in [0.5, 0.6) is 5.75 Å². The van der Waals surface area contributed by atoms with Crippen LogP contribution >= 0.6 is 0 Å². The second kappa shape index (κ2) is 9.50. The number of rotatable bonds is 7. The molecule has 0 bridgehead atoms. The molecule has 0 aliphatic rings. The van der Waals surface area contributed by atoms with Gasteiger partial charge in [0.25, 0.3) is 0 Å². The molecule has 0 aliphatic carbocycles. The quantitative estimate of drug-likeness (QED) is 0.410. The first-order chi connectivity index (χ1) is 15.1. The maximum Gasteiger partial charge on any atom is 0.416 e. The highest BCUT2D eigenvalue weighted by Crippen LogP contribution is 2.37. The maximum absolute atomic E-state index is 13.1. The summed E-state index contributed by atoms with van der Waals surface area (Å²) in [6, 6.07) is 13.9. The first-order valence-electron chi connectivity index (χ1n) is 9.63. The smallest absolute Gasteiger partial charge is 0.416 e. The number of ether oxygens (including phenoxy) is 1. The molecule has 170 valence electrons. The lowest BCUT2D eigenvalue weighted by molar-refractivity contribution is -0.143. The van der Waals surface area contributed by atoms with Gasteiger partial charge in [-0.1, -0.05) is 18.2 Å². The number of nitrogens with one attached hydrogen (secondary N) is 1. The molecule has 0 fully saturated rings. The van der Waals surface area contributed by atoms with E-state index in [1.807, 2.05) is 12.1 Å². The van der Waals surface area contributed by atoms with Gasteiger partial charge in [0.05, 0.1) is 18.2 Å². The second-order valence-electron chi connectivity index (χ2n) is 7.17. The lowest BCUT2D eigenvalue weighted by atomic mass is 9.93. The largest absolute Gasteiger partial charge is 0.497 e. The van der Waals surface area contributed by atoms with Crippen LogP contribution in [0, 0.1) is 0 Å². The van der Waals surface area contributed by atoms with Gasteiger partial charge in [0.1, 0.15) is 5.75 Å². The number of nitrogens with zero attached hydrogens (tertiary/aromatic N) is 1. The molecule has 3 nitrogen and oxygen atoms in total. The van der Waals surface area contributed by atoms with E-state index in [1.165, 1.54) is 7.11 Å². The monoisotopic (exact) mass is 454 g/mol. The summed E-state index contributed by atoms with van der Waals surface area (Å²) in [6.07, 6.45) is -7.75. The Hall–Kier alpha value is -3.23. The van der Waals surface area contributed by atoms with Gasteiger partial charge < -0.3 is 10.1 Å². The maximum atomic E-state index is 13.1. The summed E-state index contributed by atoms with van der Waals surface area (Å²) in [5.74, 6) is 0.366. The van der Waals surface area contributed by atoms with Gasteiger partial charge in [-0.15, -0.1) is 0 Å². The highest BCUT2D eigenvalue weighted by Gasteiger charge is 2.37. The van der Waals surface area contributed by atoms with Crippen molar-refractivity contribution in [3.05, 3.63) is 89.2 Å². The Kier molecular flexibility index (Phi) is 6.96. The fraction of sp³-hybridized carbons (Fsp3) is 0.261. The summed E-state index contributed by atoms with van der Waals surface area (Å²) in [6.45, 7) is 0.0987. The minimum atomic E-state index is -4.90. The van der Waals surface area contributed by atoms with Crippen molar-refractivity contribution in [2.75, 3.05) is 19.0 Å². The molecule has 0 unspecified atom stereocenters. The van der Waals surface area contributed by atoms with E-state index in [0.717, 1.165) is 11.3 Å². The molecule has 0 saturated heterocycles. The molecule has 1 heterocycles. The van der Waals surface area contributed by atoms with Crippen molar-refractivity contribution in [2.45, 2.75) is 24.7 Å². The summed E-state index contributed by atoms with van der Waals surface area (Å²) in [7, 11) is 1.52. The summed E-state index contributed by atoms with van der Waals surface area (Å²) < 4.78 is 84.0. The predicted molar refractivity (Wildman–Crippen MR) is 109 cm³/mol. The van der Waals surface area contributed by atoms with Crippen LogP contribution in [-0.4, -0.2) is 18.6 Å². The van der Waals surface area contributed by atoms with Gasteiger partial charge in [-0.25, -0.2) is 0 Å². The third kappa shape index (κ3) is 6.15. The molecular weight excluding hydrogens is 434 g/mol. The summed E-state index contributed by atoms with van der Waals surface area (Å²) in [5.41, 5.74) is -1.39. The normalized spacial score (nSPS) is 13.0. The lowest BCUT2D eigenvalue weighted by Gasteiger charge is -2.20. The number of hydrogen-bond acceptors (Lipinski definition) is 3. The number of benzene rings is 2. The molecule has 1 aromatic heterocycles. The van der Waals surface area contributed by atoms with E-state index in [4.69, 9.17) is 4.74 Å². The summed E-state index contributed by atoms with van der Waals surface area (Å²) >= 11 is 0. The summed E-state index contributed by atoms with van der Waals surface area (Å²) in [4.78, 5) is 4.28. The van der Waals surface area contributed by atoms with Crippen LogP contribution in [0.3, 0.4) is 0 Å². The Labute approximate surface area is 181 Å². The van der Waals surface area contributed by atoms with Gasteiger partial charge in [-0.05, 0) is 54.4 Å². The lowest BCUT2D eigenvalue weighted by Crippen LogP contribution is -2.17. The number of pyridine rings is 1. The van der Waals surface area contributed by atoms with Crippen molar-refractivity contribution >= 4 is 5.69 Å². The zero-order valence-corrected chi connectivity index (χ0v) is 17.0. The van der Waals surface area contributed by atoms with Crippen molar-refractivity contribution in [1.82, 2.24) is 4.98 Å². The average Bonchev–Trinajstić information content (AvgIpc) is 2.76. The third-order valence-corrected chi connectivity index (χ3v) is 4.91. The van der Waals surface area contributed by atoms with Crippen molar-refractivity contribution in [3.8, 4) is 5.75 Å². The zero-order valence-electron chi connectivity index (χ0n) is 17.0. The molecule has 32 heavy (non-hydrogen) atoms. The molecule has 9 heteroatoms. The number of methoxy groups -OCH3 is 1. The minimum Gasteiger partial charge on any atom is -0.497 e. The Bertz CT molecular complexity index is 985. The van der Waals surface area contributed by atoms with E-state index in [2.05, 4.69) is 10.3 Å². The van der Waals surface area contributed by atoms with E-state index in [9.17, 15) is 26.3 Å². The number of halogens is 6. The first-order valence-corrected chi connectivity index (χ1v) is 9.63. The van der Waals surface area contributed by atoms with Crippen LogP contribution in [0.15, 0.2) is 66.9 Å². The highest BCUT2D eigenvalue weighted by molar-refractivity contribution is 5.51. The van der Waals surface area contributed by atoms with Gasteiger partial charge in [0.15, 0.2) is 0 Å². The molecule has 0 saturated carbocycles. The number of aromatic nitrogens is 1. The van der Waals surface area contributed by atoms with E-state index in [0.29, 0.717) is 24.3 Å². The Balaban J connectivity index is 1.89. The van der Waals surface area contributed by atoms with Gasteiger partial charge >= 0.3 is 12.4 Å². The van der Waals surface area contributed by atoms with Gasteiger partial charge in [-0.3, -0.25) is 4.98 Å². The summed E-state index contributed by atoms with van der Waals surface area (Å²) in [5, 5.41) is 2.76. The molecule has 0 amide bonds. The van der Waals surface area contributed by atoms with Crippen molar-refractivity contribution in [2.24, 2.45) is 0 Å². The van der Waals surface area contributed by atoms with Gasteiger partial charge in [0.2, 0.25) is 0 Å². The molecule has 3 rings (SSSR count). The predicted octanol–water partition coefficient (Wildman–Crippen LogP) is 6.57. The zero-order chi connectivity index (χ0) is 23.4. The molecule has 3 aromatic rings. The molecule has 0 aliphatic heterocycles. The Morgan fingerprint density at radius 1 is 0.875 bits per heavy atom. The fourth-order valence-corrected chi connectivity index (χ4v) is 3.25. The topological polar surface area (TPSA) is 34.1 Å². The minimum absolute atomic E-state index is 0.0987. The first kappa shape index (κ1) is 23.4. The highest BCUT2D eigenvalue weighted by atomic mass is 19.4. The number of hydrogen-bond donors (Lipinski definition) is 1. The number of anilines is 1. The van der Waals surface area contributed by atoms with Crippen LogP contribution in [-0.2, 0) is 18.8 Å². The SMILES string of the molecule is COc1ccc([C@@H](CNc2cc(C(F)(F)F)cc(C(F)(F)F)c2)Cc2ccccn2)cc1. The van der Waals surface area contributed by atoms with Crippen LogP contribution in [0.1, 0.15) is 28.3 Å². The molecule has 0 spiro atoms. The Morgan fingerprint density at radius 2 is 1.50 bits per heavy atom. The van der Waals surface area contributed by atoms with Crippen molar-refractivity contribution in [1.29, 1.82) is 0 Å². The molecule has 2 aromatic carbocycles. The van der Waals surface area contributed by atoms with E-state index < -0.39 is 23.5 Å². The van der Waals surface area contributed by atoms with Crippen LogP contribution in [0.2, 0.25) is 0 Å². The number of alkyl halides is 6. The Morgan fingerprint density at radius 3 is 2.00 bits per heavy atom. The standard InChI is InChI=1S/C23H20F6N2O/c1-32-21-7-5-15(6-8-21)16(10-19-4-2-3-9-30-19)14-31-20-12-17(22(24,25)26)11-18(13-20)23(27,28)29/h2-9,11-13,16,31H,10,14H2,1H3/t16-/m1/s1. The molecule has 0 radical (unpaired) electrons. The van der Waals surface area contributed by atoms with Crippen molar-refractivity contribution < 1.29 is 31.1 Å². The molecule has 1 atom stereocenters. The van der Waals surface area contributed by atoms with Crippen LogP contribution < -0.4 is 10.1 Å². The fourth-order valence-electron chi connectivity index (χ4n) is 3.25. The molecule has 1 N–H and O–H groups in total. The second-order valence-corrected chi connectivity index (χ2v) is 7.17. The van der Waals surface area contributed by atoms with Gasteiger partial charge in [-0.2, -0.15) is 26.3 Å². The van der Waals surface area contributed by atoms with E-state index >= 15 is 0 Å². The van der Waals surface area contributed by atoms with Crippen molar-refractivity contribution in [3.63, 3.8) is 0 Å². The van der Waals surface area contributed by atoms with Gasteiger partial charge in [0, 0.05) is 30.0 Å². The van der Waals surface area contributed by atoms with Crippen LogP contribution in [0.4, 0.5) is 32.0 Å². The average molecular weight is 454 g/mol. The third-order valence-electron chi connectivity index (χ3n) is 4.91. The van der Waals surface area contributed by atoms with Crippen LogP contribution in [0.25, 0.3) is 0 Å².